The fourth-order valence-electron chi connectivity index (χ4n) is 4.65. The van der Waals surface area contributed by atoms with Crippen LogP contribution in [0.3, 0.4) is 0 Å². The lowest BCUT2D eigenvalue weighted by molar-refractivity contribution is -0.132. The van der Waals surface area contributed by atoms with Gasteiger partial charge in [-0.05, 0) is 76.2 Å². The lowest BCUT2D eigenvalue weighted by atomic mass is 9.63. The zero-order valence-electron chi connectivity index (χ0n) is 16.9. The molecular weight excluding hydrogens is 374 g/mol. The summed E-state index contributed by atoms with van der Waals surface area (Å²) in [5.74, 6) is 0.361. The molecule has 152 valence electrons. The summed E-state index contributed by atoms with van der Waals surface area (Å²) >= 11 is 6.26. The van der Waals surface area contributed by atoms with Crippen LogP contribution in [0.15, 0.2) is 34.6 Å². The Morgan fingerprint density at radius 1 is 1.32 bits per heavy atom. The van der Waals surface area contributed by atoms with E-state index in [9.17, 15) is 4.79 Å². The fraction of sp³-hybridized carbons (Fsp3) is 0.571. The fourth-order valence-corrected chi connectivity index (χ4v) is 4.89. The summed E-state index contributed by atoms with van der Waals surface area (Å²) in [6, 6.07) is 2.11. The van der Waals surface area contributed by atoms with Gasteiger partial charge in [-0.15, -0.1) is 0 Å². The minimum Gasteiger partial charge on any atom is -0.384 e. The number of amides is 1. The van der Waals surface area contributed by atoms with Crippen molar-refractivity contribution in [2.45, 2.75) is 38.8 Å². The predicted molar refractivity (Wildman–Crippen MR) is 114 cm³/mol. The zero-order chi connectivity index (χ0) is 20.3. The number of aryl methyl sites for hydroxylation is 1. The molecule has 7 heteroatoms. The summed E-state index contributed by atoms with van der Waals surface area (Å²) in [7, 11) is 3.86. The van der Waals surface area contributed by atoms with E-state index >= 15 is 0 Å². The molecule has 2 atom stereocenters. The van der Waals surface area contributed by atoms with Gasteiger partial charge in [-0.3, -0.25) is 19.7 Å². The molecule has 1 aromatic heterocycles. The van der Waals surface area contributed by atoms with E-state index in [0.717, 1.165) is 43.5 Å². The molecule has 2 unspecified atom stereocenters. The maximum atomic E-state index is 12.7. The Hall–Kier alpha value is -1.92. The molecule has 3 rings (SSSR count). The van der Waals surface area contributed by atoms with Crippen LogP contribution in [-0.4, -0.2) is 48.8 Å². The second kappa shape index (κ2) is 8.62. The summed E-state index contributed by atoms with van der Waals surface area (Å²) in [5, 5.41) is 3.99. The quantitative estimate of drug-likeness (QED) is 0.764. The largest absolute Gasteiger partial charge is 0.384 e. The lowest BCUT2D eigenvalue weighted by Gasteiger charge is -2.46. The van der Waals surface area contributed by atoms with Crippen molar-refractivity contribution in [2.75, 3.05) is 26.0 Å². The van der Waals surface area contributed by atoms with Gasteiger partial charge < -0.3 is 11.1 Å². The number of primary amides is 1. The van der Waals surface area contributed by atoms with Crippen LogP contribution >= 0.6 is 11.6 Å². The topological polar surface area (TPSA) is 83.6 Å². The molecule has 0 radical (unpaired) electrons. The summed E-state index contributed by atoms with van der Waals surface area (Å²) in [6.45, 7) is 2.95. The number of hydrogen-bond acceptors (Lipinski definition) is 5. The average Bonchev–Trinajstić information content (AvgIpc) is 2.66. The number of hydrogen-bond donors (Lipinski definition) is 2. The number of nitrogens with two attached hydrogens (primary N) is 1. The molecular formula is C21H30ClN5O. The third-order valence-electron chi connectivity index (χ3n) is 6.05. The average molecular weight is 404 g/mol. The number of rotatable bonds is 6. The third-order valence-corrected chi connectivity index (χ3v) is 6.26. The lowest BCUT2D eigenvalue weighted by Crippen LogP contribution is -2.56. The van der Waals surface area contributed by atoms with E-state index in [1.807, 2.05) is 44.4 Å². The highest BCUT2D eigenvalue weighted by Crippen LogP contribution is 2.47. The maximum Gasteiger partial charge on any atom is 0.231 e. The van der Waals surface area contributed by atoms with Gasteiger partial charge in [-0.2, -0.15) is 0 Å². The van der Waals surface area contributed by atoms with Crippen molar-refractivity contribution in [1.82, 2.24) is 9.88 Å². The molecule has 1 amide bonds. The molecule has 0 spiro atoms. The molecule has 6 nitrogen and oxygen atoms in total. The number of anilines is 1. The molecule has 2 aliphatic rings. The van der Waals surface area contributed by atoms with Gasteiger partial charge in [0.25, 0.3) is 0 Å². The van der Waals surface area contributed by atoms with Crippen LogP contribution in [-0.2, 0) is 4.79 Å². The van der Waals surface area contributed by atoms with Gasteiger partial charge in [0.15, 0.2) is 0 Å². The van der Waals surface area contributed by atoms with Crippen LogP contribution in [0.5, 0.6) is 0 Å². The Bertz CT molecular complexity index is 770. The number of allylic oxidation sites excluding steroid dienone is 1. The first-order valence-electron chi connectivity index (χ1n) is 9.86. The van der Waals surface area contributed by atoms with Crippen molar-refractivity contribution in [3.63, 3.8) is 0 Å². The summed E-state index contributed by atoms with van der Waals surface area (Å²) in [6.07, 6.45) is 10.8. The first-order chi connectivity index (χ1) is 13.3. The minimum absolute atomic E-state index is 0.139. The number of aliphatic imine (C=N–C) groups is 1. The van der Waals surface area contributed by atoms with Crippen molar-refractivity contribution < 1.29 is 4.79 Å². The number of dihydropyridines is 1. The Balaban J connectivity index is 1.68. The van der Waals surface area contributed by atoms with E-state index in [4.69, 9.17) is 17.3 Å². The number of aromatic nitrogens is 1. The maximum absolute atomic E-state index is 12.7. The summed E-state index contributed by atoms with van der Waals surface area (Å²) in [4.78, 5) is 23.4. The molecule has 1 aliphatic heterocycles. The van der Waals surface area contributed by atoms with Crippen molar-refractivity contribution in [1.29, 1.82) is 0 Å². The highest BCUT2D eigenvalue weighted by Gasteiger charge is 2.51. The molecule has 1 aromatic rings. The Morgan fingerprint density at radius 2 is 2.04 bits per heavy atom. The second-order valence-electron chi connectivity index (χ2n) is 8.29. The van der Waals surface area contributed by atoms with Crippen molar-refractivity contribution in [2.24, 2.45) is 28.0 Å². The normalized spacial score (nSPS) is 30.2. The van der Waals surface area contributed by atoms with Gasteiger partial charge in [0.2, 0.25) is 5.91 Å². The van der Waals surface area contributed by atoms with Crippen LogP contribution < -0.4 is 11.1 Å². The molecule has 1 saturated carbocycles. The number of nitrogens with one attached hydrogen (secondary N) is 1. The molecule has 0 bridgehead atoms. The summed E-state index contributed by atoms with van der Waals surface area (Å²) < 4.78 is 0. The first kappa shape index (κ1) is 20.8. The van der Waals surface area contributed by atoms with Gasteiger partial charge in [0, 0.05) is 25.2 Å². The van der Waals surface area contributed by atoms with Crippen LogP contribution in [0.1, 0.15) is 31.2 Å². The van der Waals surface area contributed by atoms with Gasteiger partial charge in [0.1, 0.15) is 11.6 Å². The van der Waals surface area contributed by atoms with Crippen LogP contribution in [0.25, 0.3) is 0 Å². The molecule has 28 heavy (non-hydrogen) atoms. The van der Waals surface area contributed by atoms with E-state index in [1.54, 1.807) is 6.21 Å². The third kappa shape index (κ3) is 4.23. The van der Waals surface area contributed by atoms with Gasteiger partial charge in [-0.25, -0.2) is 0 Å². The molecule has 2 heterocycles. The van der Waals surface area contributed by atoms with Crippen LogP contribution in [0.2, 0.25) is 0 Å². The molecule has 1 fully saturated rings. The van der Waals surface area contributed by atoms with Crippen LogP contribution in [0, 0.1) is 24.2 Å². The van der Waals surface area contributed by atoms with E-state index in [-0.39, 0.29) is 18.0 Å². The van der Waals surface area contributed by atoms with Gasteiger partial charge >= 0.3 is 0 Å². The number of pyridine rings is 1. The van der Waals surface area contributed by atoms with Crippen molar-refractivity contribution >= 4 is 29.4 Å². The number of carbonyl (C=O) groups excluding carboxylic acids is 1. The number of halogens is 1. The monoisotopic (exact) mass is 403 g/mol. The van der Waals surface area contributed by atoms with E-state index in [2.05, 4.69) is 21.4 Å². The Kier molecular flexibility index (Phi) is 6.40. The smallest absolute Gasteiger partial charge is 0.231 e. The highest BCUT2D eigenvalue weighted by atomic mass is 35.5. The highest BCUT2D eigenvalue weighted by molar-refractivity contribution is 6.39. The van der Waals surface area contributed by atoms with Gasteiger partial charge in [0.05, 0.1) is 10.7 Å². The van der Waals surface area contributed by atoms with E-state index in [0.29, 0.717) is 11.0 Å². The van der Waals surface area contributed by atoms with Gasteiger partial charge in [-0.1, -0.05) is 11.6 Å². The molecule has 0 aromatic carbocycles. The standard InChI is InChI=1S/C21H30ClN5O/c1-14-8-18(13-24-10-14)25-11-15-4-6-16(7-5-15)21(19(23)28)9-17(22)12-26-20(21)27(2)3/h8-10,12-13,15-16,20,25H,4-7,11H2,1-3H3,(H2,23,28). The Morgan fingerprint density at radius 3 is 2.64 bits per heavy atom. The predicted octanol–water partition coefficient (Wildman–Crippen LogP) is 3.17. The Labute approximate surface area is 172 Å². The van der Waals surface area contributed by atoms with E-state index < -0.39 is 5.41 Å². The SMILES string of the molecule is Cc1cncc(NCC2CCC(C3(C(N)=O)C=C(Cl)C=NC3N(C)C)CC2)c1. The zero-order valence-corrected chi connectivity index (χ0v) is 17.6. The molecule has 3 N–H and O–H groups in total. The summed E-state index contributed by atoms with van der Waals surface area (Å²) in [5.41, 5.74) is 7.29. The molecule has 0 saturated heterocycles. The minimum atomic E-state index is -0.853. The first-order valence-corrected chi connectivity index (χ1v) is 10.2. The molecule has 1 aliphatic carbocycles. The van der Waals surface area contributed by atoms with Crippen molar-refractivity contribution in [3.8, 4) is 0 Å². The second-order valence-corrected chi connectivity index (χ2v) is 8.73. The number of nitrogens with zero attached hydrogens (tertiary/aromatic N) is 3. The number of carbonyl (C=O) groups is 1. The van der Waals surface area contributed by atoms with Crippen LogP contribution in [0.4, 0.5) is 5.69 Å². The van der Waals surface area contributed by atoms with E-state index in [1.165, 1.54) is 0 Å². The van der Waals surface area contributed by atoms with Crippen molar-refractivity contribution in [3.05, 3.63) is 35.1 Å².